The van der Waals surface area contributed by atoms with Gasteiger partial charge in [-0.3, -0.25) is 0 Å². The maximum Gasteiger partial charge on any atom is 0.123 e. The fourth-order valence-electron chi connectivity index (χ4n) is 2.67. The Morgan fingerprint density at radius 3 is 2.65 bits per heavy atom. The van der Waals surface area contributed by atoms with E-state index < -0.39 is 0 Å². The van der Waals surface area contributed by atoms with Crippen molar-refractivity contribution in [3.05, 3.63) is 58.9 Å². The number of halogens is 1. The SMILES string of the molecule is Cc1ccc(C)c(-c2[nH]c3ccc(F)cc3c2CN)c1. The first-order chi connectivity index (χ1) is 9.60. The minimum Gasteiger partial charge on any atom is -0.354 e. The number of benzene rings is 2. The molecule has 0 aliphatic rings. The van der Waals surface area contributed by atoms with Crippen molar-refractivity contribution in [3.8, 4) is 11.3 Å². The molecule has 3 heteroatoms. The van der Waals surface area contributed by atoms with E-state index in [4.69, 9.17) is 5.73 Å². The van der Waals surface area contributed by atoms with Gasteiger partial charge in [-0.25, -0.2) is 4.39 Å². The van der Waals surface area contributed by atoms with Crippen molar-refractivity contribution >= 4 is 10.9 Å². The average molecular weight is 268 g/mol. The highest BCUT2D eigenvalue weighted by Crippen LogP contribution is 2.32. The van der Waals surface area contributed by atoms with E-state index in [0.29, 0.717) is 6.54 Å². The second kappa shape index (κ2) is 4.76. The van der Waals surface area contributed by atoms with Crippen molar-refractivity contribution in [2.24, 2.45) is 5.73 Å². The summed E-state index contributed by atoms with van der Waals surface area (Å²) in [5.74, 6) is -0.237. The third-order valence-corrected chi connectivity index (χ3v) is 3.73. The molecular formula is C17H17FN2. The first kappa shape index (κ1) is 12.9. The predicted octanol–water partition coefficient (Wildman–Crippen LogP) is 4.05. The molecular weight excluding hydrogens is 251 g/mol. The van der Waals surface area contributed by atoms with Crippen LogP contribution in [0, 0.1) is 19.7 Å². The third-order valence-electron chi connectivity index (χ3n) is 3.73. The molecule has 102 valence electrons. The van der Waals surface area contributed by atoms with Gasteiger partial charge < -0.3 is 10.7 Å². The number of hydrogen-bond acceptors (Lipinski definition) is 1. The molecule has 1 heterocycles. The summed E-state index contributed by atoms with van der Waals surface area (Å²) in [6, 6.07) is 11.1. The monoisotopic (exact) mass is 268 g/mol. The van der Waals surface area contributed by atoms with Crippen molar-refractivity contribution < 1.29 is 4.39 Å². The van der Waals surface area contributed by atoms with Crippen molar-refractivity contribution in [3.63, 3.8) is 0 Å². The molecule has 2 nitrogen and oxygen atoms in total. The lowest BCUT2D eigenvalue weighted by Gasteiger charge is -2.08. The van der Waals surface area contributed by atoms with E-state index in [1.54, 1.807) is 12.1 Å². The fourth-order valence-corrected chi connectivity index (χ4v) is 2.67. The smallest absolute Gasteiger partial charge is 0.123 e. The van der Waals surface area contributed by atoms with Gasteiger partial charge in [-0.05, 0) is 49.2 Å². The molecule has 0 radical (unpaired) electrons. The second-order valence-electron chi connectivity index (χ2n) is 5.19. The van der Waals surface area contributed by atoms with Gasteiger partial charge in [-0.1, -0.05) is 17.7 Å². The van der Waals surface area contributed by atoms with Crippen LogP contribution in [0.25, 0.3) is 22.2 Å². The number of nitrogens with two attached hydrogens (primary N) is 1. The number of H-pyrrole nitrogens is 1. The lowest BCUT2D eigenvalue weighted by Crippen LogP contribution is -1.98. The Kier molecular flexibility index (Phi) is 3.07. The zero-order chi connectivity index (χ0) is 14.3. The van der Waals surface area contributed by atoms with Gasteiger partial charge in [-0.15, -0.1) is 0 Å². The zero-order valence-electron chi connectivity index (χ0n) is 11.6. The molecule has 0 unspecified atom stereocenters. The predicted molar refractivity (Wildman–Crippen MR) is 81.1 cm³/mol. The molecule has 0 spiro atoms. The number of nitrogens with one attached hydrogen (secondary N) is 1. The van der Waals surface area contributed by atoms with Gasteiger partial charge >= 0.3 is 0 Å². The summed E-state index contributed by atoms with van der Waals surface area (Å²) in [5.41, 5.74) is 12.3. The number of aromatic nitrogens is 1. The zero-order valence-corrected chi connectivity index (χ0v) is 11.6. The summed E-state index contributed by atoms with van der Waals surface area (Å²) in [6.45, 7) is 4.51. The van der Waals surface area contributed by atoms with Crippen LogP contribution in [0.1, 0.15) is 16.7 Å². The van der Waals surface area contributed by atoms with Gasteiger partial charge in [0.05, 0.1) is 5.69 Å². The molecule has 1 aromatic heterocycles. The molecule has 3 aromatic rings. The Bertz CT molecular complexity index is 787. The number of aryl methyl sites for hydroxylation is 2. The highest BCUT2D eigenvalue weighted by Gasteiger charge is 2.14. The maximum atomic E-state index is 13.5. The normalized spacial score (nSPS) is 11.2. The van der Waals surface area contributed by atoms with Gasteiger partial charge in [0.2, 0.25) is 0 Å². The van der Waals surface area contributed by atoms with E-state index >= 15 is 0 Å². The molecule has 0 amide bonds. The van der Waals surface area contributed by atoms with Crippen molar-refractivity contribution in [1.82, 2.24) is 4.98 Å². The Balaban J connectivity index is 2.33. The van der Waals surface area contributed by atoms with Crippen LogP contribution in [-0.2, 0) is 6.54 Å². The Morgan fingerprint density at radius 1 is 1.10 bits per heavy atom. The third kappa shape index (κ3) is 2.00. The molecule has 0 bridgehead atoms. The fraction of sp³-hybridized carbons (Fsp3) is 0.176. The number of aromatic amines is 1. The van der Waals surface area contributed by atoms with Gasteiger partial charge in [0.15, 0.2) is 0 Å². The van der Waals surface area contributed by atoms with Crippen LogP contribution < -0.4 is 5.73 Å². The molecule has 20 heavy (non-hydrogen) atoms. The minimum atomic E-state index is -0.237. The van der Waals surface area contributed by atoms with E-state index in [-0.39, 0.29) is 5.82 Å². The summed E-state index contributed by atoms with van der Waals surface area (Å²) in [4.78, 5) is 3.38. The van der Waals surface area contributed by atoms with Crippen LogP contribution in [-0.4, -0.2) is 4.98 Å². The van der Waals surface area contributed by atoms with Crippen molar-refractivity contribution in [2.45, 2.75) is 20.4 Å². The Labute approximate surface area is 117 Å². The highest BCUT2D eigenvalue weighted by molar-refractivity contribution is 5.91. The van der Waals surface area contributed by atoms with Gasteiger partial charge in [0.1, 0.15) is 5.82 Å². The first-order valence-electron chi connectivity index (χ1n) is 6.68. The van der Waals surface area contributed by atoms with Crippen LogP contribution in [0.3, 0.4) is 0 Å². The average Bonchev–Trinajstić information content (AvgIpc) is 2.79. The maximum absolute atomic E-state index is 13.5. The highest BCUT2D eigenvalue weighted by atomic mass is 19.1. The molecule has 0 atom stereocenters. The van der Waals surface area contributed by atoms with Crippen molar-refractivity contribution in [1.29, 1.82) is 0 Å². The van der Waals surface area contributed by atoms with E-state index in [1.807, 2.05) is 0 Å². The molecule has 0 saturated heterocycles. The van der Waals surface area contributed by atoms with Crippen LogP contribution in [0.4, 0.5) is 4.39 Å². The lowest BCUT2D eigenvalue weighted by atomic mass is 9.99. The molecule has 3 rings (SSSR count). The summed E-state index contributed by atoms with van der Waals surface area (Å²) in [6.07, 6.45) is 0. The van der Waals surface area contributed by atoms with Crippen LogP contribution >= 0.6 is 0 Å². The van der Waals surface area contributed by atoms with Crippen molar-refractivity contribution in [2.75, 3.05) is 0 Å². The number of rotatable bonds is 2. The quantitative estimate of drug-likeness (QED) is 0.723. The molecule has 0 saturated carbocycles. The first-order valence-corrected chi connectivity index (χ1v) is 6.68. The standard InChI is InChI=1S/C17H17FN2/c1-10-3-4-11(2)13(7-10)17-15(9-19)14-8-12(18)5-6-16(14)20-17/h3-8,20H,9,19H2,1-2H3. The number of fused-ring (bicyclic) bond motifs is 1. The Hall–Kier alpha value is -2.13. The van der Waals surface area contributed by atoms with Crippen LogP contribution in [0.5, 0.6) is 0 Å². The largest absolute Gasteiger partial charge is 0.354 e. The lowest BCUT2D eigenvalue weighted by molar-refractivity contribution is 0.629. The van der Waals surface area contributed by atoms with E-state index in [0.717, 1.165) is 27.7 Å². The van der Waals surface area contributed by atoms with E-state index in [1.165, 1.54) is 17.2 Å². The van der Waals surface area contributed by atoms with Crippen LogP contribution in [0.15, 0.2) is 36.4 Å². The topological polar surface area (TPSA) is 41.8 Å². The van der Waals surface area contributed by atoms with Gasteiger partial charge in [-0.2, -0.15) is 0 Å². The van der Waals surface area contributed by atoms with Gasteiger partial charge in [0.25, 0.3) is 0 Å². The molecule has 2 aromatic carbocycles. The molecule has 3 N–H and O–H groups in total. The Morgan fingerprint density at radius 2 is 1.90 bits per heavy atom. The van der Waals surface area contributed by atoms with E-state index in [2.05, 4.69) is 37.0 Å². The summed E-state index contributed by atoms with van der Waals surface area (Å²) in [7, 11) is 0. The van der Waals surface area contributed by atoms with Crippen LogP contribution in [0.2, 0.25) is 0 Å². The van der Waals surface area contributed by atoms with Gasteiger partial charge in [0, 0.05) is 23.0 Å². The summed E-state index contributed by atoms with van der Waals surface area (Å²) < 4.78 is 13.5. The molecule has 0 aliphatic carbocycles. The molecule has 0 fully saturated rings. The molecule has 0 aliphatic heterocycles. The minimum absolute atomic E-state index is 0.237. The summed E-state index contributed by atoms with van der Waals surface area (Å²) >= 11 is 0. The second-order valence-corrected chi connectivity index (χ2v) is 5.19. The summed E-state index contributed by atoms with van der Waals surface area (Å²) in [5, 5.41) is 0.864. The number of hydrogen-bond donors (Lipinski definition) is 2. The van der Waals surface area contributed by atoms with E-state index in [9.17, 15) is 4.39 Å².